The van der Waals surface area contributed by atoms with Crippen molar-refractivity contribution >= 4 is 33.3 Å². The SMILES string of the molecule is CCc1ccccc1NS(=O)(=O)c1cc(-c2c(C)nn3c2NC(=O)CCC3=O)ccc1C. The van der Waals surface area contributed by atoms with Crippen LogP contribution in [-0.2, 0) is 21.2 Å². The van der Waals surface area contributed by atoms with Gasteiger partial charge in [-0.1, -0.05) is 37.3 Å². The maximum absolute atomic E-state index is 13.3. The van der Waals surface area contributed by atoms with Crippen LogP contribution in [0.25, 0.3) is 11.1 Å². The molecule has 0 unspecified atom stereocenters. The molecule has 8 nitrogen and oxygen atoms in total. The number of rotatable bonds is 5. The first-order valence-electron chi connectivity index (χ1n) is 10.4. The summed E-state index contributed by atoms with van der Waals surface area (Å²) in [5, 5.41) is 7.04. The van der Waals surface area contributed by atoms with E-state index in [0.717, 1.165) is 5.56 Å². The second kappa shape index (κ2) is 8.23. The number of nitrogens with one attached hydrogen (secondary N) is 2. The first kappa shape index (κ1) is 21.8. The molecule has 2 aromatic carbocycles. The van der Waals surface area contributed by atoms with Crippen LogP contribution >= 0.6 is 0 Å². The van der Waals surface area contributed by atoms with E-state index in [-0.39, 0.29) is 35.4 Å². The highest BCUT2D eigenvalue weighted by molar-refractivity contribution is 7.92. The summed E-state index contributed by atoms with van der Waals surface area (Å²) < 4.78 is 30.5. The Labute approximate surface area is 186 Å². The minimum atomic E-state index is -3.88. The fraction of sp³-hybridized carbons (Fsp3) is 0.261. The minimum absolute atomic E-state index is 0.0632. The standard InChI is InChI=1S/C23H24N4O4S/c1-4-16-7-5-6-8-18(16)26-32(30,31)19-13-17(10-9-14(19)2)22-15(3)25-27-21(29)12-11-20(28)24-23(22)27/h5-10,13,26H,4,11-12H2,1-3H3,(H,24,28). The number of aromatic nitrogens is 2. The van der Waals surface area contributed by atoms with Gasteiger partial charge in [-0.05, 0) is 49.1 Å². The maximum Gasteiger partial charge on any atom is 0.262 e. The lowest BCUT2D eigenvalue weighted by atomic mass is 10.0. The molecule has 1 aliphatic rings. The highest BCUT2D eigenvalue weighted by Crippen LogP contribution is 2.35. The van der Waals surface area contributed by atoms with Crippen molar-refractivity contribution in [2.75, 3.05) is 10.0 Å². The highest BCUT2D eigenvalue weighted by atomic mass is 32.2. The molecule has 0 radical (unpaired) electrons. The van der Waals surface area contributed by atoms with Gasteiger partial charge in [-0.3, -0.25) is 14.3 Å². The molecular weight excluding hydrogens is 428 g/mol. The van der Waals surface area contributed by atoms with Crippen molar-refractivity contribution in [1.29, 1.82) is 0 Å². The third kappa shape index (κ3) is 3.91. The number of amides is 1. The Morgan fingerprint density at radius 1 is 1.09 bits per heavy atom. The molecule has 0 saturated carbocycles. The topological polar surface area (TPSA) is 110 Å². The lowest BCUT2D eigenvalue weighted by molar-refractivity contribution is -0.116. The third-order valence-corrected chi connectivity index (χ3v) is 7.04. The highest BCUT2D eigenvalue weighted by Gasteiger charge is 2.27. The molecule has 0 aliphatic carbocycles. The van der Waals surface area contributed by atoms with Crippen molar-refractivity contribution in [2.45, 2.75) is 44.9 Å². The third-order valence-electron chi connectivity index (χ3n) is 5.53. The van der Waals surface area contributed by atoms with Crippen molar-refractivity contribution < 1.29 is 18.0 Å². The molecular formula is C23H24N4O4S. The van der Waals surface area contributed by atoms with Gasteiger partial charge in [-0.15, -0.1) is 0 Å². The monoisotopic (exact) mass is 452 g/mol. The van der Waals surface area contributed by atoms with E-state index in [1.807, 2.05) is 19.1 Å². The van der Waals surface area contributed by atoms with Crippen LogP contribution in [0.2, 0.25) is 0 Å². The van der Waals surface area contributed by atoms with Crippen LogP contribution < -0.4 is 10.0 Å². The van der Waals surface area contributed by atoms with Crippen LogP contribution in [0, 0.1) is 13.8 Å². The molecule has 2 heterocycles. The zero-order valence-corrected chi connectivity index (χ0v) is 18.9. The molecule has 1 amide bonds. The van der Waals surface area contributed by atoms with Gasteiger partial charge in [0.05, 0.1) is 16.3 Å². The lowest BCUT2D eigenvalue weighted by Crippen LogP contribution is -2.15. The number of sulfonamides is 1. The fourth-order valence-electron chi connectivity index (χ4n) is 3.86. The van der Waals surface area contributed by atoms with Crippen LogP contribution in [0.1, 0.15) is 41.4 Å². The van der Waals surface area contributed by atoms with Crippen molar-refractivity contribution in [3.63, 3.8) is 0 Å². The maximum atomic E-state index is 13.3. The van der Waals surface area contributed by atoms with Gasteiger partial charge < -0.3 is 5.32 Å². The van der Waals surface area contributed by atoms with E-state index in [2.05, 4.69) is 15.1 Å². The predicted octanol–water partition coefficient (Wildman–Crippen LogP) is 3.90. The zero-order valence-electron chi connectivity index (χ0n) is 18.1. The van der Waals surface area contributed by atoms with Crippen LogP contribution in [0.3, 0.4) is 0 Å². The summed E-state index contributed by atoms with van der Waals surface area (Å²) in [6, 6.07) is 12.3. The number of carbonyl (C=O) groups is 2. The molecule has 0 spiro atoms. The Morgan fingerprint density at radius 3 is 2.59 bits per heavy atom. The Bertz CT molecular complexity index is 1340. The first-order valence-corrected chi connectivity index (χ1v) is 11.8. The van der Waals surface area contributed by atoms with E-state index in [1.54, 1.807) is 44.2 Å². The average Bonchev–Trinajstić information content (AvgIpc) is 3.01. The molecule has 0 atom stereocenters. The van der Waals surface area contributed by atoms with Gasteiger partial charge in [0.1, 0.15) is 5.82 Å². The summed E-state index contributed by atoms with van der Waals surface area (Å²) >= 11 is 0. The van der Waals surface area contributed by atoms with Gasteiger partial charge in [0.15, 0.2) is 0 Å². The number of anilines is 2. The second-order valence-electron chi connectivity index (χ2n) is 7.76. The molecule has 9 heteroatoms. The Morgan fingerprint density at radius 2 is 1.84 bits per heavy atom. The smallest absolute Gasteiger partial charge is 0.262 e. The van der Waals surface area contributed by atoms with E-state index >= 15 is 0 Å². The normalized spacial score (nSPS) is 14.0. The molecule has 166 valence electrons. The van der Waals surface area contributed by atoms with Crippen molar-refractivity contribution in [1.82, 2.24) is 9.78 Å². The molecule has 1 aromatic heterocycles. The Hall–Kier alpha value is -3.46. The van der Waals surface area contributed by atoms with E-state index in [0.29, 0.717) is 34.5 Å². The molecule has 4 rings (SSSR count). The summed E-state index contributed by atoms with van der Waals surface area (Å²) in [4.78, 5) is 24.6. The number of fused-ring (bicyclic) bond motifs is 1. The molecule has 0 fully saturated rings. The van der Waals surface area contributed by atoms with Crippen molar-refractivity contribution in [3.8, 4) is 11.1 Å². The van der Waals surface area contributed by atoms with E-state index in [4.69, 9.17) is 0 Å². The number of benzene rings is 2. The molecule has 0 bridgehead atoms. The minimum Gasteiger partial charge on any atom is -0.310 e. The Balaban J connectivity index is 1.81. The zero-order chi connectivity index (χ0) is 23.0. The van der Waals surface area contributed by atoms with Crippen LogP contribution in [-0.4, -0.2) is 30.0 Å². The van der Waals surface area contributed by atoms with Gasteiger partial charge in [-0.25, -0.2) is 8.42 Å². The Kier molecular flexibility index (Phi) is 5.60. The number of hydrogen-bond acceptors (Lipinski definition) is 5. The van der Waals surface area contributed by atoms with Crippen LogP contribution in [0.15, 0.2) is 47.4 Å². The largest absolute Gasteiger partial charge is 0.310 e. The lowest BCUT2D eigenvalue weighted by Gasteiger charge is -2.15. The van der Waals surface area contributed by atoms with E-state index in [1.165, 1.54) is 4.68 Å². The summed E-state index contributed by atoms with van der Waals surface area (Å²) in [7, 11) is -3.88. The van der Waals surface area contributed by atoms with Gasteiger partial charge in [-0.2, -0.15) is 9.78 Å². The summed E-state index contributed by atoms with van der Waals surface area (Å²) in [6.45, 7) is 5.41. The van der Waals surface area contributed by atoms with Crippen LogP contribution in [0.4, 0.5) is 11.5 Å². The van der Waals surface area contributed by atoms with Gasteiger partial charge >= 0.3 is 0 Å². The van der Waals surface area contributed by atoms with Crippen LogP contribution in [0.5, 0.6) is 0 Å². The van der Waals surface area contributed by atoms with E-state index < -0.39 is 10.0 Å². The molecule has 2 N–H and O–H groups in total. The predicted molar refractivity (Wildman–Crippen MR) is 122 cm³/mol. The number of nitrogens with zero attached hydrogens (tertiary/aromatic N) is 2. The van der Waals surface area contributed by atoms with E-state index in [9.17, 15) is 18.0 Å². The summed E-state index contributed by atoms with van der Waals surface area (Å²) in [6.07, 6.45) is 0.829. The summed E-state index contributed by atoms with van der Waals surface area (Å²) in [5.41, 5.74) is 3.60. The van der Waals surface area contributed by atoms with Gasteiger partial charge in [0, 0.05) is 18.4 Å². The molecule has 0 saturated heterocycles. The molecule has 3 aromatic rings. The average molecular weight is 453 g/mol. The fourth-order valence-corrected chi connectivity index (χ4v) is 5.24. The first-order chi connectivity index (χ1) is 15.2. The van der Waals surface area contributed by atoms with Gasteiger partial charge in [0.2, 0.25) is 11.8 Å². The van der Waals surface area contributed by atoms with Gasteiger partial charge in [0.25, 0.3) is 10.0 Å². The molecule has 32 heavy (non-hydrogen) atoms. The second-order valence-corrected chi connectivity index (χ2v) is 9.41. The number of carbonyl (C=O) groups excluding carboxylic acids is 2. The summed E-state index contributed by atoms with van der Waals surface area (Å²) in [5.74, 6) is -0.298. The van der Waals surface area contributed by atoms with Crippen molar-refractivity contribution in [3.05, 3.63) is 59.3 Å². The number of aryl methyl sites for hydroxylation is 3. The number of para-hydroxylation sites is 1. The van der Waals surface area contributed by atoms with Crippen molar-refractivity contribution in [2.24, 2.45) is 0 Å². The quantitative estimate of drug-likeness (QED) is 0.610. The molecule has 1 aliphatic heterocycles. The number of hydrogen-bond donors (Lipinski definition) is 2.